The van der Waals surface area contributed by atoms with E-state index in [1.165, 1.54) is 0 Å². The smallest absolute Gasteiger partial charge is 0.226 e. The number of nitrogens with zero attached hydrogens (tertiary/aromatic N) is 3. The largest absolute Gasteiger partial charge is 0.357 e. The molecule has 1 aliphatic rings. The number of rotatable bonds is 6. The molecule has 0 unspecified atom stereocenters. The summed E-state index contributed by atoms with van der Waals surface area (Å²) in [6.07, 6.45) is 6.25. The highest BCUT2D eigenvalue weighted by Gasteiger charge is 2.40. The van der Waals surface area contributed by atoms with Crippen LogP contribution in [0.2, 0.25) is 0 Å². The average Bonchev–Trinajstić information content (AvgIpc) is 3.30. The summed E-state index contributed by atoms with van der Waals surface area (Å²) in [6, 6.07) is 15.7. The van der Waals surface area contributed by atoms with Crippen LogP contribution in [0.5, 0.6) is 0 Å². The molecule has 3 aromatic rings. The third-order valence-corrected chi connectivity index (χ3v) is 5.63. The quantitative estimate of drug-likeness (QED) is 0.596. The van der Waals surface area contributed by atoms with Crippen LogP contribution >= 0.6 is 12.2 Å². The Morgan fingerprint density at radius 3 is 2.80 bits per heavy atom. The number of carbonyl (C=O) groups is 1. The second-order valence-electron chi connectivity index (χ2n) is 7.60. The third-order valence-electron chi connectivity index (χ3n) is 5.28. The van der Waals surface area contributed by atoms with E-state index < -0.39 is 0 Å². The molecule has 0 saturated carbocycles. The molecule has 1 aromatic carbocycles. The number of nitrogens with one attached hydrogen (secondary N) is 2. The lowest BCUT2D eigenvalue weighted by Crippen LogP contribution is -2.32. The number of thiocarbonyl (C=S) groups is 1. The zero-order chi connectivity index (χ0) is 21.1. The van der Waals surface area contributed by atoms with E-state index in [4.69, 9.17) is 12.2 Å². The van der Waals surface area contributed by atoms with Crippen LogP contribution in [0.3, 0.4) is 0 Å². The van der Waals surface area contributed by atoms with Gasteiger partial charge < -0.3 is 20.1 Å². The number of amides is 1. The van der Waals surface area contributed by atoms with Crippen molar-refractivity contribution in [3.8, 4) is 0 Å². The van der Waals surface area contributed by atoms with E-state index in [1.54, 1.807) is 6.20 Å². The van der Waals surface area contributed by atoms with Crippen LogP contribution in [0, 0.1) is 6.92 Å². The van der Waals surface area contributed by atoms with Crippen molar-refractivity contribution in [1.82, 2.24) is 19.8 Å². The van der Waals surface area contributed by atoms with Gasteiger partial charge in [0.25, 0.3) is 0 Å². The van der Waals surface area contributed by atoms with Gasteiger partial charge in [0, 0.05) is 44.3 Å². The summed E-state index contributed by atoms with van der Waals surface area (Å²) in [4.78, 5) is 19.2. The Labute approximate surface area is 181 Å². The van der Waals surface area contributed by atoms with Crippen molar-refractivity contribution in [3.63, 3.8) is 0 Å². The summed E-state index contributed by atoms with van der Waals surface area (Å²) in [5, 5.41) is 7.03. The van der Waals surface area contributed by atoms with Crippen LogP contribution in [0.25, 0.3) is 0 Å². The third kappa shape index (κ3) is 4.36. The predicted molar refractivity (Wildman–Crippen MR) is 122 cm³/mol. The molecule has 0 spiro atoms. The standard InChI is InChI=1S/C23H25N5OS/c1-16-6-5-7-18(14-16)25-20(29)10-13-28-22(17-9-12-27(2)15-17)21(26-23(28)30)19-8-3-4-11-24-19/h3-9,11-12,14-15,21-22H,10,13H2,1-2H3,(H,25,29)(H,26,30)/t21-,22-/m1/s1. The summed E-state index contributed by atoms with van der Waals surface area (Å²) in [7, 11) is 2.00. The maximum absolute atomic E-state index is 12.6. The van der Waals surface area contributed by atoms with E-state index in [2.05, 4.69) is 32.8 Å². The van der Waals surface area contributed by atoms with Crippen LogP contribution < -0.4 is 10.6 Å². The molecule has 154 valence electrons. The molecule has 30 heavy (non-hydrogen) atoms. The Morgan fingerprint density at radius 1 is 1.23 bits per heavy atom. The van der Waals surface area contributed by atoms with Gasteiger partial charge >= 0.3 is 0 Å². The molecule has 2 aromatic heterocycles. The molecule has 2 N–H and O–H groups in total. The first-order valence-electron chi connectivity index (χ1n) is 9.98. The summed E-state index contributed by atoms with van der Waals surface area (Å²) < 4.78 is 2.02. The van der Waals surface area contributed by atoms with Crippen molar-refractivity contribution in [2.24, 2.45) is 7.05 Å². The molecular formula is C23H25N5OS. The molecule has 1 saturated heterocycles. The molecule has 1 amide bonds. The van der Waals surface area contributed by atoms with Gasteiger partial charge in [0.1, 0.15) is 0 Å². The van der Waals surface area contributed by atoms with Crippen LogP contribution in [0.4, 0.5) is 5.69 Å². The Bertz CT molecular complexity index is 1050. The first-order valence-corrected chi connectivity index (χ1v) is 10.4. The Morgan fingerprint density at radius 2 is 2.10 bits per heavy atom. The zero-order valence-corrected chi connectivity index (χ0v) is 17.9. The lowest BCUT2D eigenvalue weighted by atomic mass is 9.99. The number of aromatic nitrogens is 2. The van der Waals surface area contributed by atoms with E-state index in [1.807, 2.05) is 67.2 Å². The van der Waals surface area contributed by atoms with E-state index >= 15 is 0 Å². The van der Waals surface area contributed by atoms with Gasteiger partial charge in [-0.15, -0.1) is 0 Å². The molecule has 0 aliphatic carbocycles. The van der Waals surface area contributed by atoms with Gasteiger partial charge in [0.05, 0.1) is 17.8 Å². The van der Waals surface area contributed by atoms with E-state index in [-0.39, 0.29) is 18.0 Å². The average molecular weight is 420 g/mol. The lowest BCUT2D eigenvalue weighted by Gasteiger charge is -2.27. The highest BCUT2D eigenvalue weighted by atomic mass is 32.1. The summed E-state index contributed by atoms with van der Waals surface area (Å²) >= 11 is 5.65. The van der Waals surface area contributed by atoms with Crippen molar-refractivity contribution in [2.45, 2.75) is 25.4 Å². The van der Waals surface area contributed by atoms with Crippen LogP contribution in [0.1, 0.15) is 35.3 Å². The molecule has 0 bridgehead atoms. The van der Waals surface area contributed by atoms with Gasteiger partial charge in [-0.05, 0) is 60.6 Å². The molecular weight excluding hydrogens is 394 g/mol. The number of pyridine rings is 1. The second kappa shape index (κ2) is 8.67. The number of hydrogen-bond acceptors (Lipinski definition) is 3. The molecule has 6 nitrogen and oxygen atoms in total. The number of carbonyl (C=O) groups excluding carboxylic acids is 1. The van der Waals surface area contributed by atoms with Crippen LogP contribution in [-0.4, -0.2) is 32.0 Å². The zero-order valence-electron chi connectivity index (χ0n) is 17.1. The van der Waals surface area contributed by atoms with Crippen LogP contribution in [0.15, 0.2) is 67.1 Å². The highest BCUT2D eigenvalue weighted by molar-refractivity contribution is 7.80. The summed E-state index contributed by atoms with van der Waals surface area (Å²) in [5.41, 5.74) is 3.99. The Kier molecular flexibility index (Phi) is 5.81. The molecule has 3 heterocycles. The molecule has 4 rings (SSSR count). The fraction of sp³-hybridized carbons (Fsp3) is 0.261. The van der Waals surface area contributed by atoms with E-state index in [0.717, 1.165) is 22.5 Å². The van der Waals surface area contributed by atoms with Gasteiger partial charge in [0.2, 0.25) is 5.91 Å². The number of aryl methyl sites for hydroxylation is 2. The minimum atomic E-state index is -0.0686. The summed E-state index contributed by atoms with van der Waals surface area (Å²) in [5.74, 6) is -0.0310. The van der Waals surface area contributed by atoms with Gasteiger partial charge in [-0.25, -0.2) is 0 Å². The SMILES string of the molecule is Cc1cccc(NC(=O)CCN2C(=S)N[C@H](c3ccccn3)[C@H]2c2ccn(C)c2)c1. The molecule has 7 heteroatoms. The number of hydrogen-bond donors (Lipinski definition) is 2. The van der Waals surface area contributed by atoms with Gasteiger partial charge in [-0.3, -0.25) is 9.78 Å². The first-order chi connectivity index (χ1) is 14.5. The number of anilines is 1. The minimum absolute atomic E-state index is 0.0274. The van der Waals surface area contributed by atoms with E-state index in [0.29, 0.717) is 18.1 Å². The van der Waals surface area contributed by atoms with Crippen molar-refractivity contribution in [1.29, 1.82) is 0 Å². The minimum Gasteiger partial charge on any atom is -0.357 e. The van der Waals surface area contributed by atoms with Crippen molar-refractivity contribution >= 4 is 28.9 Å². The van der Waals surface area contributed by atoms with Crippen molar-refractivity contribution in [3.05, 3.63) is 83.9 Å². The maximum atomic E-state index is 12.6. The molecule has 1 aliphatic heterocycles. The Hall–Kier alpha value is -3.19. The monoisotopic (exact) mass is 419 g/mol. The lowest BCUT2D eigenvalue weighted by molar-refractivity contribution is -0.116. The normalized spacial score (nSPS) is 18.3. The predicted octanol–water partition coefficient (Wildman–Crippen LogP) is 3.73. The maximum Gasteiger partial charge on any atom is 0.226 e. The fourth-order valence-corrected chi connectivity index (χ4v) is 4.21. The van der Waals surface area contributed by atoms with Crippen molar-refractivity contribution in [2.75, 3.05) is 11.9 Å². The second-order valence-corrected chi connectivity index (χ2v) is 7.98. The molecule has 1 fully saturated rings. The number of benzene rings is 1. The Balaban J connectivity index is 1.51. The summed E-state index contributed by atoms with van der Waals surface area (Å²) in [6.45, 7) is 2.53. The first kappa shape index (κ1) is 20.1. The van der Waals surface area contributed by atoms with Crippen LogP contribution in [-0.2, 0) is 11.8 Å². The molecule has 0 radical (unpaired) electrons. The van der Waals surface area contributed by atoms with Gasteiger partial charge in [0.15, 0.2) is 5.11 Å². The highest BCUT2D eigenvalue weighted by Crippen LogP contribution is 2.38. The van der Waals surface area contributed by atoms with E-state index in [9.17, 15) is 4.79 Å². The van der Waals surface area contributed by atoms with Crippen molar-refractivity contribution < 1.29 is 4.79 Å². The molecule has 2 atom stereocenters. The van der Waals surface area contributed by atoms with Gasteiger partial charge in [-0.2, -0.15) is 0 Å². The van der Waals surface area contributed by atoms with Gasteiger partial charge in [-0.1, -0.05) is 18.2 Å². The fourth-order valence-electron chi connectivity index (χ4n) is 3.88. The topological polar surface area (TPSA) is 62.2 Å².